The molecule has 3 aromatic rings. The SMILES string of the molecule is CC(C(=O)N(C)c1cc2[nH]c(-c3n[nH]c4c3C[C@@H]3C[C@]3(C)C4)nc2nc1F)N1CCOCC1. The van der Waals surface area contributed by atoms with Crippen LogP contribution in [-0.2, 0) is 22.4 Å². The molecule has 2 N–H and O–H groups in total. The van der Waals surface area contributed by atoms with Gasteiger partial charge in [0.25, 0.3) is 0 Å². The fourth-order valence-electron chi connectivity index (χ4n) is 5.43. The number of carbonyl (C=O) groups excluding carboxylic acids is 1. The summed E-state index contributed by atoms with van der Waals surface area (Å²) in [6.07, 6.45) is 3.23. The Bertz CT molecular complexity index is 1250. The molecule has 0 spiro atoms. The van der Waals surface area contributed by atoms with Gasteiger partial charge in [-0.25, -0.2) is 4.98 Å². The number of likely N-dealkylation sites (N-methyl/N-ethyl adjacent to an activating group) is 1. The van der Waals surface area contributed by atoms with Crippen molar-refractivity contribution in [1.82, 2.24) is 30.0 Å². The second kappa shape index (κ2) is 7.33. The van der Waals surface area contributed by atoms with Gasteiger partial charge in [-0.1, -0.05) is 6.92 Å². The van der Waals surface area contributed by atoms with Crippen molar-refractivity contribution in [2.24, 2.45) is 11.3 Å². The number of anilines is 1. The number of nitrogens with one attached hydrogen (secondary N) is 2. The van der Waals surface area contributed by atoms with Crippen LogP contribution in [0.2, 0.25) is 0 Å². The number of aromatic nitrogens is 5. The van der Waals surface area contributed by atoms with Crippen molar-refractivity contribution in [3.63, 3.8) is 0 Å². The van der Waals surface area contributed by atoms with Gasteiger partial charge in [-0.05, 0) is 43.6 Å². The summed E-state index contributed by atoms with van der Waals surface area (Å²) in [5.74, 6) is 0.362. The quantitative estimate of drug-likeness (QED) is 0.588. The maximum absolute atomic E-state index is 14.9. The van der Waals surface area contributed by atoms with Crippen LogP contribution in [0.25, 0.3) is 22.7 Å². The smallest absolute Gasteiger partial charge is 0.243 e. The number of halogens is 1. The molecule has 1 saturated carbocycles. The second-order valence-electron chi connectivity index (χ2n) is 9.94. The summed E-state index contributed by atoms with van der Waals surface area (Å²) in [4.78, 5) is 28.3. The number of carbonyl (C=O) groups is 1. The van der Waals surface area contributed by atoms with E-state index in [1.54, 1.807) is 13.1 Å². The largest absolute Gasteiger partial charge is 0.379 e. The van der Waals surface area contributed by atoms with E-state index < -0.39 is 5.95 Å². The Kier molecular flexibility index (Phi) is 4.60. The number of pyridine rings is 1. The Morgan fingerprint density at radius 2 is 2.15 bits per heavy atom. The van der Waals surface area contributed by atoms with Crippen molar-refractivity contribution in [1.29, 1.82) is 0 Å². The van der Waals surface area contributed by atoms with E-state index in [-0.39, 0.29) is 23.3 Å². The van der Waals surface area contributed by atoms with Gasteiger partial charge in [0, 0.05) is 31.4 Å². The highest BCUT2D eigenvalue weighted by molar-refractivity contribution is 5.97. The van der Waals surface area contributed by atoms with Gasteiger partial charge in [-0.3, -0.25) is 14.8 Å². The number of hydrogen-bond acceptors (Lipinski definition) is 6. The molecule has 3 aromatic heterocycles. The van der Waals surface area contributed by atoms with Gasteiger partial charge in [0.1, 0.15) is 11.4 Å². The molecular weight excluding hydrogens is 425 g/mol. The highest BCUT2D eigenvalue weighted by atomic mass is 19.1. The summed E-state index contributed by atoms with van der Waals surface area (Å²) < 4.78 is 20.3. The Labute approximate surface area is 190 Å². The summed E-state index contributed by atoms with van der Waals surface area (Å²) in [6, 6.07) is 1.23. The minimum atomic E-state index is -0.719. The minimum absolute atomic E-state index is 0.126. The van der Waals surface area contributed by atoms with Crippen LogP contribution in [-0.4, -0.2) is 75.3 Å². The Balaban J connectivity index is 1.29. The summed E-state index contributed by atoms with van der Waals surface area (Å²) in [7, 11) is 1.58. The fraction of sp³-hybridized carbons (Fsp3) is 0.565. The van der Waals surface area contributed by atoms with E-state index in [9.17, 15) is 9.18 Å². The molecule has 174 valence electrons. The van der Waals surface area contributed by atoms with Gasteiger partial charge >= 0.3 is 0 Å². The highest BCUT2D eigenvalue weighted by Crippen LogP contribution is 2.59. The van der Waals surface area contributed by atoms with Gasteiger partial charge in [0.2, 0.25) is 11.9 Å². The average molecular weight is 454 g/mol. The van der Waals surface area contributed by atoms with Crippen LogP contribution >= 0.6 is 0 Å². The second-order valence-corrected chi connectivity index (χ2v) is 9.94. The van der Waals surface area contributed by atoms with Crippen LogP contribution in [0.5, 0.6) is 0 Å². The number of fused-ring (bicyclic) bond motifs is 3. The van der Waals surface area contributed by atoms with E-state index in [0.29, 0.717) is 49.0 Å². The highest BCUT2D eigenvalue weighted by Gasteiger charge is 2.53. The van der Waals surface area contributed by atoms with Gasteiger partial charge in [0.15, 0.2) is 11.5 Å². The van der Waals surface area contributed by atoms with Crippen molar-refractivity contribution < 1.29 is 13.9 Å². The van der Waals surface area contributed by atoms with E-state index in [1.165, 1.54) is 22.6 Å². The molecule has 6 rings (SSSR count). The summed E-state index contributed by atoms with van der Waals surface area (Å²) in [6.45, 7) is 6.72. The van der Waals surface area contributed by atoms with E-state index in [0.717, 1.165) is 18.5 Å². The summed E-state index contributed by atoms with van der Waals surface area (Å²) >= 11 is 0. The number of hydrogen-bond donors (Lipinski definition) is 2. The average Bonchev–Trinajstić information content (AvgIpc) is 3.10. The molecule has 10 heteroatoms. The third-order valence-electron chi connectivity index (χ3n) is 7.80. The number of H-pyrrole nitrogens is 2. The molecule has 1 saturated heterocycles. The minimum Gasteiger partial charge on any atom is -0.379 e. The molecule has 33 heavy (non-hydrogen) atoms. The number of aromatic amines is 2. The lowest BCUT2D eigenvalue weighted by Crippen LogP contribution is -2.50. The van der Waals surface area contributed by atoms with E-state index in [2.05, 4.69) is 32.1 Å². The molecule has 1 unspecified atom stereocenters. The number of amides is 1. The van der Waals surface area contributed by atoms with Crippen molar-refractivity contribution >= 4 is 22.8 Å². The number of nitrogens with zero attached hydrogens (tertiary/aromatic N) is 5. The van der Waals surface area contributed by atoms with Crippen LogP contribution in [0, 0.1) is 17.3 Å². The third kappa shape index (κ3) is 3.34. The standard InChI is InChI=1S/C23H28FN7O2/c1-12(31-4-6-33-7-5-31)22(32)30(3)17-9-15-20(26-19(17)24)27-21(25-15)18-14-8-13-10-23(13,2)11-16(14)28-29-18/h9,12-13H,4-8,10-11H2,1-3H3,(H,28,29)(H,25,26,27)/t12?,13-,23-/m1/s1. The van der Waals surface area contributed by atoms with E-state index in [1.807, 2.05) is 11.8 Å². The number of rotatable bonds is 4. The van der Waals surface area contributed by atoms with Crippen LogP contribution < -0.4 is 4.90 Å². The van der Waals surface area contributed by atoms with Crippen LogP contribution in [0.3, 0.4) is 0 Å². The summed E-state index contributed by atoms with van der Waals surface area (Å²) in [5, 5.41) is 7.69. The van der Waals surface area contributed by atoms with Gasteiger partial charge < -0.3 is 14.6 Å². The number of ether oxygens (including phenoxy) is 1. The van der Waals surface area contributed by atoms with Crippen molar-refractivity contribution in [3.8, 4) is 11.5 Å². The molecule has 3 atom stereocenters. The Morgan fingerprint density at radius 3 is 2.94 bits per heavy atom. The first-order valence-electron chi connectivity index (χ1n) is 11.6. The molecule has 2 aliphatic carbocycles. The molecule has 0 bridgehead atoms. The first-order valence-corrected chi connectivity index (χ1v) is 11.6. The fourth-order valence-corrected chi connectivity index (χ4v) is 5.43. The monoisotopic (exact) mass is 453 g/mol. The number of imidazole rings is 1. The zero-order valence-electron chi connectivity index (χ0n) is 19.1. The molecular formula is C23H28FN7O2. The predicted molar refractivity (Wildman–Crippen MR) is 120 cm³/mol. The lowest BCUT2D eigenvalue weighted by atomic mass is 9.88. The molecule has 9 nitrogen and oxygen atoms in total. The predicted octanol–water partition coefficient (Wildman–Crippen LogP) is 2.30. The lowest BCUT2D eigenvalue weighted by molar-refractivity contribution is -0.124. The third-order valence-corrected chi connectivity index (χ3v) is 7.80. The van der Waals surface area contributed by atoms with Gasteiger partial charge in [-0.2, -0.15) is 14.5 Å². The van der Waals surface area contributed by atoms with Gasteiger partial charge in [0.05, 0.1) is 24.8 Å². The molecule has 2 fully saturated rings. The van der Waals surface area contributed by atoms with Crippen LogP contribution in [0.1, 0.15) is 31.5 Å². The topological polar surface area (TPSA) is 103 Å². The maximum atomic E-state index is 14.9. The van der Waals surface area contributed by atoms with Crippen molar-refractivity contribution in [2.45, 2.75) is 39.2 Å². The number of morpholine rings is 1. The molecule has 0 radical (unpaired) electrons. The van der Waals surface area contributed by atoms with E-state index in [4.69, 9.17) is 4.74 Å². The first-order chi connectivity index (χ1) is 15.8. The molecule has 3 aliphatic rings. The van der Waals surface area contributed by atoms with Crippen molar-refractivity contribution in [2.75, 3.05) is 38.3 Å². The molecule has 4 heterocycles. The molecule has 1 aliphatic heterocycles. The molecule has 1 amide bonds. The first kappa shape index (κ1) is 20.7. The normalized spacial score (nSPS) is 25.5. The summed E-state index contributed by atoms with van der Waals surface area (Å²) in [5.41, 5.74) is 4.52. The van der Waals surface area contributed by atoms with Crippen molar-refractivity contribution in [3.05, 3.63) is 23.3 Å². The Morgan fingerprint density at radius 1 is 1.36 bits per heavy atom. The lowest BCUT2D eigenvalue weighted by Gasteiger charge is -2.33. The van der Waals surface area contributed by atoms with E-state index >= 15 is 0 Å². The Hall–Kier alpha value is -2.85. The zero-order chi connectivity index (χ0) is 22.9. The molecule has 0 aromatic carbocycles. The van der Waals surface area contributed by atoms with Gasteiger partial charge in [-0.15, -0.1) is 0 Å². The van der Waals surface area contributed by atoms with Crippen LogP contribution in [0.15, 0.2) is 6.07 Å². The van der Waals surface area contributed by atoms with Crippen LogP contribution in [0.4, 0.5) is 10.1 Å². The maximum Gasteiger partial charge on any atom is 0.243 e. The zero-order valence-corrected chi connectivity index (χ0v) is 19.1.